The summed E-state index contributed by atoms with van der Waals surface area (Å²) < 4.78 is 0. The Hall–Kier alpha value is -1.59. The molecule has 4 N–H and O–H groups in total. The first-order valence-corrected chi connectivity index (χ1v) is 6.84. The van der Waals surface area contributed by atoms with Crippen molar-refractivity contribution in [2.24, 2.45) is 11.7 Å². The largest absolute Gasteiger partial charge is 0.348 e. The fraction of sp³-hybridized carbons (Fsp3) is 0.429. The molecule has 0 saturated carbocycles. The molecule has 0 aliphatic carbocycles. The zero-order valence-corrected chi connectivity index (χ0v) is 12.6. The normalized spacial score (nSPS) is 12.1. The molecule has 2 amide bonds. The van der Waals surface area contributed by atoms with E-state index >= 15 is 0 Å². The summed E-state index contributed by atoms with van der Waals surface area (Å²) in [5, 5.41) is 5.79. The van der Waals surface area contributed by atoms with Gasteiger partial charge in [-0.2, -0.15) is 0 Å². The number of rotatable bonds is 5. The second-order valence-electron chi connectivity index (χ2n) is 4.95. The Morgan fingerprint density at radius 2 is 1.95 bits per heavy atom. The molecule has 0 saturated heterocycles. The average Bonchev–Trinajstić information content (AvgIpc) is 2.40. The molecule has 1 aromatic rings. The molecule has 6 heteroatoms. The highest BCUT2D eigenvalue weighted by Gasteiger charge is 2.14. The van der Waals surface area contributed by atoms with Crippen LogP contribution in [0, 0.1) is 5.92 Å². The van der Waals surface area contributed by atoms with Crippen molar-refractivity contribution in [3.05, 3.63) is 28.8 Å². The molecule has 0 bridgehead atoms. The van der Waals surface area contributed by atoms with E-state index < -0.39 is 0 Å². The maximum atomic E-state index is 12.0. The van der Waals surface area contributed by atoms with Gasteiger partial charge in [-0.1, -0.05) is 25.4 Å². The molecule has 1 aromatic carbocycles. The van der Waals surface area contributed by atoms with Gasteiger partial charge in [0.25, 0.3) is 5.91 Å². The van der Waals surface area contributed by atoms with E-state index in [1.165, 1.54) is 0 Å². The van der Waals surface area contributed by atoms with E-state index in [-0.39, 0.29) is 23.8 Å². The van der Waals surface area contributed by atoms with Gasteiger partial charge >= 0.3 is 0 Å². The van der Waals surface area contributed by atoms with E-state index in [0.29, 0.717) is 22.8 Å². The molecule has 0 fully saturated rings. The molecule has 0 aliphatic rings. The molecule has 0 aromatic heterocycles. The number of hydrogen-bond donors (Lipinski definition) is 3. The second kappa shape index (κ2) is 7.26. The van der Waals surface area contributed by atoms with Gasteiger partial charge in [-0.15, -0.1) is 0 Å². The second-order valence-corrected chi connectivity index (χ2v) is 5.36. The lowest BCUT2D eigenvalue weighted by atomic mass is 10.1. The van der Waals surface area contributed by atoms with Gasteiger partial charge in [0.15, 0.2) is 0 Å². The summed E-state index contributed by atoms with van der Waals surface area (Å²) in [6, 6.07) is 4.65. The van der Waals surface area contributed by atoms with Crippen LogP contribution in [0.1, 0.15) is 31.1 Å². The fourth-order valence-electron chi connectivity index (χ4n) is 1.42. The Bertz CT molecular complexity index is 503. The predicted molar refractivity (Wildman–Crippen MR) is 80.9 cm³/mol. The van der Waals surface area contributed by atoms with Gasteiger partial charge in [-0.3, -0.25) is 9.59 Å². The van der Waals surface area contributed by atoms with Crippen molar-refractivity contribution < 1.29 is 9.59 Å². The zero-order valence-electron chi connectivity index (χ0n) is 11.9. The number of carbonyl (C=O) groups is 2. The minimum absolute atomic E-state index is 0.117. The van der Waals surface area contributed by atoms with E-state index in [4.69, 9.17) is 17.3 Å². The summed E-state index contributed by atoms with van der Waals surface area (Å²) in [5.74, 6) is -0.567. The Balaban J connectivity index is 2.91. The van der Waals surface area contributed by atoms with E-state index in [1.54, 1.807) is 39.0 Å². The lowest BCUT2D eigenvalue weighted by Crippen LogP contribution is -2.37. The highest BCUT2D eigenvalue weighted by atomic mass is 35.5. The minimum Gasteiger partial charge on any atom is -0.348 e. The smallest absolute Gasteiger partial charge is 0.253 e. The third-order valence-corrected chi connectivity index (χ3v) is 3.06. The fourth-order valence-corrected chi connectivity index (χ4v) is 1.63. The summed E-state index contributed by atoms with van der Waals surface area (Å²) in [4.78, 5) is 23.7. The minimum atomic E-state index is -0.311. The summed E-state index contributed by atoms with van der Waals surface area (Å²) in [6.45, 7) is 5.73. The lowest BCUT2D eigenvalue weighted by molar-refractivity contribution is -0.118. The molecule has 0 aliphatic heterocycles. The molecular weight excluding hydrogens is 278 g/mol. The standard InChI is InChI=1S/C14H20ClN3O2/c1-8(2)13(19)18-10-4-5-12(15)11(6-10)14(20)17-9(3)7-16/h4-6,8-9H,7,16H2,1-3H3,(H,17,20)(H,18,19)/t9-/m0/s1. The van der Waals surface area contributed by atoms with Gasteiger partial charge in [0.2, 0.25) is 5.91 Å². The van der Waals surface area contributed by atoms with Crippen LogP contribution in [0.3, 0.4) is 0 Å². The quantitative estimate of drug-likeness (QED) is 0.777. The molecule has 20 heavy (non-hydrogen) atoms. The van der Waals surface area contributed by atoms with Crippen LogP contribution in [0.2, 0.25) is 5.02 Å². The van der Waals surface area contributed by atoms with Crippen LogP contribution >= 0.6 is 11.6 Å². The molecule has 0 radical (unpaired) electrons. The first kappa shape index (κ1) is 16.5. The number of anilines is 1. The molecule has 5 nitrogen and oxygen atoms in total. The van der Waals surface area contributed by atoms with Crippen molar-refractivity contribution >= 4 is 29.1 Å². The van der Waals surface area contributed by atoms with Crippen molar-refractivity contribution in [1.29, 1.82) is 0 Å². The Kier molecular flexibility index (Phi) is 5.98. The number of carbonyl (C=O) groups excluding carboxylic acids is 2. The van der Waals surface area contributed by atoms with Gasteiger partial charge in [-0.05, 0) is 25.1 Å². The van der Waals surface area contributed by atoms with Crippen molar-refractivity contribution in [2.75, 3.05) is 11.9 Å². The highest BCUT2D eigenvalue weighted by Crippen LogP contribution is 2.21. The number of hydrogen-bond acceptors (Lipinski definition) is 3. The molecule has 0 spiro atoms. The van der Waals surface area contributed by atoms with Crippen LogP contribution < -0.4 is 16.4 Å². The van der Waals surface area contributed by atoms with Crippen molar-refractivity contribution in [1.82, 2.24) is 5.32 Å². The van der Waals surface area contributed by atoms with Crippen LogP contribution in [0.25, 0.3) is 0 Å². The third-order valence-electron chi connectivity index (χ3n) is 2.73. The van der Waals surface area contributed by atoms with Gasteiger partial charge in [-0.25, -0.2) is 0 Å². The summed E-state index contributed by atoms with van der Waals surface area (Å²) in [6.07, 6.45) is 0. The zero-order chi connectivity index (χ0) is 15.3. The van der Waals surface area contributed by atoms with Crippen LogP contribution in [0.5, 0.6) is 0 Å². The van der Waals surface area contributed by atoms with Crippen LogP contribution in [0.4, 0.5) is 5.69 Å². The lowest BCUT2D eigenvalue weighted by Gasteiger charge is -2.14. The molecule has 110 valence electrons. The number of amides is 2. The molecule has 1 atom stereocenters. The summed E-state index contributed by atoms with van der Waals surface area (Å²) in [7, 11) is 0. The third kappa shape index (κ3) is 4.51. The van der Waals surface area contributed by atoms with E-state index in [9.17, 15) is 9.59 Å². The van der Waals surface area contributed by atoms with E-state index in [1.807, 2.05) is 0 Å². The first-order valence-electron chi connectivity index (χ1n) is 6.46. The number of nitrogens with one attached hydrogen (secondary N) is 2. The maximum absolute atomic E-state index is 12.0. The van der Waals surface area contributed by atoms with Gasteiger partial charge in [0, 0.05) is 24.2 Å². The van der Waals surface area contributed by atoms with Crippen molar-refractivity contribution in [3.8, 4) is 0 Å². The summed E-state index contributed by atoms with van der Waals surface area (Å²) >= 11 is 6.01. The predicted octanol–water partition coefficient (Wildman–Crippen LogP) is 2.01. The Morgan fingerprint density at radius 1 is 1.30 bits per heavy atom. The number of nitrogens with two attached hydrogens (primary N) is 1. The first-order chi connectivity index (χ1) is 9.35. The number of benzene rings is 1. The van der Waals surface area contributed by atoms with Crippen LogP contribution in [0.15, 0.2) is 18.2 Å². The van der Waals surface area contributed by atoms with E-state index in [2.05, 4.69) is 10.6 Å². The van der Waals surface area contributed by atoms with Crippen LogP contribution in [-0.4, -0.2) is 24.4 Å². The molecular formula is C14H20ClN3O2. The van der Waals surface area contributed by atoms with Gasteiger partial charge in [0.1, 0.15) is 0 Å². The average molecular weight is 298 g/mol. The monoisotopic (exact) mass is 297 g/mol. The molecule has 1 rings (SSSR count). The SMILES string of the molecule is CC(C)C(=O)Nc1ccc(Cl)c(C(=O)N[C@@H](C)CN)c1. The van der Waals surface area contributed by atoms with Gasteiger partial charge < -0.3 is 16.4 Å². The number of halogens is 1. The highest BCUT2D eigenvalue weighted by molar-refractivity contribution is 6.34. The topological polar surface area (TPSA) is 84.2 Å². The van der Waals surface area contributed by atoms with Gasteiger partial charge in [0.05, 0.1) is 10.6 Å². The maximum Gasteiger partial charge on any atom is 0.253 e. The summed E-state index contributed by atoms with van der Waals surface area (Å²) in [5.41, 5.74) is 6.31. The van der Waals surface area contributed by atoms with Crippen LogP contribution in [-0.2, 0) is 4.79 Å². The Labute approximate surface area is 123 Å². The van der Waals surface area contributed by atoms with E-state index in [0.717, 1.165) is 0 Å². The van der Waals surface area contributed by atoms with Crippen molar-refractivity contribution in [2.45, 2.75) is 26.8 Å². The molecule has 0 unspecified atom stereocenters. The van der Waals surface area contributed by atoms with Crippen molar-refractivity contribution in [3.63, 3.8) is 0 Å². The Morgan fingerprint density at radius 3 is 2.50 bits per heavy atom. The molecule has 0 heterocycles.